The molecule has 0 saturated heterocycles. The minimum Gasteiger partial charge on any atom is -0.489 e. The number of nitriles is 1. The first kappa shape index (κ1) is 19.7. The van der Waals surface area contributed by atoms with E-state index in [4.69, 9.17) is 16.3 Å². The Morgan fingerprint density at radius 2 is 1.61 bits per heavy atom. The van der Waals surface area contributed by atoms with E-state index in [2.05, 4.69) is 0 Å². The average molecular weight is 410 g/mol. The molecule has 0 spiro atoms. The Kier molecular flexibility index (Phi) is 6.15. The lowest BCUT2D eigenvalue weighted by Crippen LogP contribution is -2.03. The molecule has 0 amide bonds. The largest absolute Gasteiger partial charge is 0.489 e. The van der Waals surface area contributed by atoms with Gasteiger partial charge in [0.1, 0.15) is 23.3 Å². The summed E-state index contributed by atoms with van der Waals surface area (Å²) >= 11 is 6.11. The summed E-state index contributed by atoms with van der Waals surface area (Å²) in [5, 5.41) is 9.97. The van der Waals surface area contributed by atoms with Gasteiger partial charge in [-0.2, -0.15) is 5.26 Å². The summed E-state index contributed by atoms with van der Waals surface area (Å²) in [6, 6.07) is 23.9. The first-order valence-corrected chi connectivity index (χ1v) is 10.2. The van der Waals surface area contributed by atoms with Crippen molar-refractivity contribution in [3.63, 3.8) is 0 Å². The third kappa shape index (κ3) is 4.61. The van der Waals surface area contributed by atoms with Crippen molar-refractivity contribution in [1.29, 1.82) is 5.26 Å². The van der Waals surface area contributed by atoms with E-state index in [0.29, 0.717) is 22.9 Å². The van der Waals surface area contributed by atoms with Crippen LogP contribution < -0.4 is 4.74 Å². The zero-order chi connectivity index (χ0) is 20.0. The predicted octanol–water partition coefficient (Wildman–Crippen LogP) is 5.26. The predicted molar refractivity (Wildman–Crippen MR) is 109 cm³/mol. The van der Waals surface area contributed by atoms with Crippen LogP contribution >= 0.6 is 11.6 Å². The molecule has 0 aliphatic heterocycles. The maximum absolute atomic E-state index is 12.6. The van der Waals surface area contributed by atoms with Gasteiger partial charge in [-0.15, -0.1) is 0 Å². The maximum Gasteiger partial charge on any atom is 0.216 e. The van der Waals surface area contributed by atoms with Gasteiger partial charge in [0.2, 0.25) is 9.84 Å². The van der Waals surface area contributed by atoms with Crippen LogP contribution in [0.4, 0.5) is 0 Å². The van der Waals surface area contributed by atoms with Gasteiger partial charge in [-0.3, -0.25) is 0 Å². The standard InChI is InChI=1S/C22H16ClNO3S/c23-22-9-5-4-6-18(22)16-27-19-12-10-17(11-13-19)14-21(15-24)28(25,26)20-7-2-1-3-8-20/h1-14H,16H2/b21-14+. The molecular formula is C22H16ClNO3S. The van der Waals surface area contributed by atoms with Crippen LogP contribution in [0.1, 0.15) is 11.1 Å². The fourth-order valence-corrected chi connectivity index (χ4v) is 3.86. The lowest BCUT2D eigenvalue weighted by atomic mass is 10.2. The van der Waals surface area contributed by atoms with E-state index in [0.717, 1.165) is 5.56 Å². The fraction of sp³-hybridized carbons (Fsp3) is 0.0455. The molecule has 3 aromatic rings. The summed E-state index contributed by atoms with van der Waals surface area (Å²) in [5.41, 5.74) is 1.45. The Labute approximate surface area is 169 Å². The summed E-state index contributed by atoms with van der Waals surface area (Å²) in [6.07, 6.45) is 1.35. The van der Waals surface area contributed by atoms with Crippen molar-refractivity contribution in [2.45, 2.75) is 11.5 Å². The molecule has 4 nitrogen and oxygen atoms in total. The highest BCUT2D eigenvalue weighted by Gasteiger charge is 2.20. The molecule has 0 unspecified atom stereocenters. The van der Waals surface area contributed by atoms with E-state index in [-0.39, 0.29) is 9.80 Å². The molecule has 0 bridgehead atoms. The second kappa shape index (κ2) is 8.75. The molecule has 0 atom stereocenters. The van der Waals surface area contributed by atoms with Crippen molar-refractivity contribution >= 4 is 27.5 Å². The van der Waals surface area contributed by atoms with Crippen LogP contribution in [0.5, 0.6) is 5.75 Å². The Balaban J connectivity index is 1.77. The van der Waals surface area contributed by atoms with Gasteiger partial charge in [0, 0.05) is 10.6 Å². The molecule has 140 valence electrons. The van der Waals surface area contributed by atoms with Crippen molar-refractivity contribution in [2.75, 3.05) is 0 Å². The minimum absolute atomic E-state index is 0.0856. The summed E-state index contributed by atoms with van der Waals surface area (Å²) in [4.78, 5) is -0.231. The first-order chi connectivity index (χ1) is 13.5. The molecule has 0 aromatic heterocycles. The Morgan fingerprint density at radius 3 is 2.25 bits per heavy atom. The Bertz CT molecular complexity index is 1130. The Hall–Kier alpha value is -3.07. The van der Waals surface area contributed by atoms with E-state index in [1.54, 1.807) is 54.6 Å². The molecule has 0 fully saturated rings. The number of hydrogen-bond acceptors (Lipinski definition) is 4. The third-order valence-electron chi connectivity index (χ3n) is 3.98. The van der Waals surface area contributed by atoms with E-state index in [1.807, 2.05) is 18.2 Å². The van der Waals surface area contributed by atoms with Gasteiger partial charge in [-0.1, -0.05) is 60.1 Å². The Morgan fingerprint density at radius 1 is 0.964 bits per heavy atom. The molecule has 0 saturated carbocycles. The number of sulfone groups is 1. The summed E-state index contributed by atoms with van der Waals surface area (Å²) in [7, 11) is -3.86. The van der Waals surface area contributed by atoms with E-state index < -0.39 is 9.84 Å². The molecule has 0 aliphatic rings. The van der Waals surface area contributed by atoms with Gasteiger partial charge >= 0.3 is 0 Å². The van der Waals surface area contributed by atoms with E-state index >= 15 is 0 Å². The van der Waals surface area contributed by atoms with Gasteiger partial charge < -0.3 is 4.74 Å². The number of halogens is 1. The quantitative estimate of drug-likeness (QED) is 0.521. The number of rotatable bonds is 6. The second-order valence-electron chi connectivity index (χ2n) is 5.89. The molecule has 0 radical (unpaired) electrons. The van der Waals surface area contributed by atoms with Crippen molar-refractivity contribution in [3.05, 3.63) is 99.9 Å². The van der Waals surface area contributed by atoms with Crippen molar-refractivity contribution < 1.29 is 13.2 Å². The SMILES string of the molecule is N#C/C(=C\c1ccc(OCc2ccccc2Cl)cc1)S(=O)(=O)c1ccccc1. The zero-order valence-corrected chi connectivity index (χ0v) is 16.3. The average Bonchev–Trinajstić information content (AvgIpc) is 2.73. The second-order valence-corrected chi connectivity index (χ2v) is 8.21. The highest BCUT2D eigenvalue weighted by molar-refractivity contribution is 7.95. The van der Waals surface area contributed by atoms with Gasteiger partial charge in [-0.25, -0.2) is 8.42 Å². The van der Waals surface area contributed by atoms with Gasteiger partial charge in [0.05, 0.1) is 4.90 Å². The molecule has 28 heavy (non-hydrogen) atoms. The van der Waals surface area contributed by atoms with Gasteiger partial charge in [-0.05, 0) is 42.0 Å². The van der Waals surface area contributed by atoms with Crippen LogP contribution in [0.25, 0.3) is 6.08 Å². The maximum atomic E-state index is 12.6. The number of nitrogens with zero attached hydrogens (tertiary/aromatic N) is 1. The molecule has 3 rings (SSSR count). The van der Waals surface area contributed by atoms with Gasteiger partial charge in [0.15, 0.2) is 0 Å². The molecule has 0 N–H and O–H groups in total. The normalized spacial score (nSPS) is 11.6. The minimum atomic E-state index is -3.86. The number of ether oxygens (including phenoxy) is 1. The summed E-state index contributed by atoms with van der Waals surface area (Å²) in [6.45, 7) is 0.320. The lowest BCUT2D eigenvalue weighted by molar-refractivity contribution is 0.306. The molecule has 0 aliphatic carbocycles. The van der Waals surface area contributed by atoms with Gasteiger partial charge in [0.25, 0.3) is 0 Å². The molecular weight excluding hydrogens is 394 g/mol. The smallest absolute Gasteiger partial charge is 0.216 e. The van der Waals surface area contributed by atoms with Crippen LogP contribution in [0.2, 0.25) is 5.02 Å². The topological polar surface area (TPSA) is 67.2 Å². The van der Waals surface area contributed by atoms with E-state index in [1.165, 1.54) is 18.2 Å². The zero-order valence-electron chi connectivity index (χ0n) is 14.7. The highest BCUT2D eigenvalue weighted by atomic mass is 35.5. The first-order valence-electron chi connectivity index (χ1n) is 8.39. The monoisotopic (exact) mass is 409 g/mol. The molecule has 3 aromatic carbocycles. The summed E-state index contributed by atoms with van der Waals surface area (Å²) < 4.78 is 30.9. The van der Waals surface area contributed by atoms with Crippen molar-refractivity contribution in [2.24, 2.45) is 0 Å². The molecule has 6 heteroatoms. The summed E-state index contributed by atoms with van der Waals surface area (Å²) in [5.74, 6) is 0.612. The highest BCUT2D eigenvalue weighted by Crippen LogP contribution is 2.23. The van der Waals surface area contributed by atoms with E-state index in [9.17, 15) is 13.7 Å². The number of hydrogen-bond donors (Lipinski definition) is 0. The van der Waals surface area contributed by atoms with Crippen LogP contribution in [0.3, 0.4) is 0 Å². The third-order valence-corrected chi connectivity index (χ3v) is 6.03. The molecule has 0 heterocycles. The van der Waals surface area contributed by atoms with Crippen LogP contribution in [-0.4, -0.2) is 8.42 Å². The van der Waals surface area contributed by atoms with Crippen molar-refractivity contribution in [3.8, 4) is 11.8 Å². The van der Waals surface area contributed by atoms with Crippen LogP contribution in [-0.2, 0) is 16.4 Å². The number of benzene rings is 3. The number of allylic oxidation sites excluding steroid dienone is 1. The fourth-order valence-electron chi connectivity index (χ4n) is 2.48. The van der Waals surface area contributed by atoms with Crippen LogP contribution in [0, 0.1) is 11.3 Å². The van der Waals surface area contributed by atoms with Crippen molar-refractivity contribution in [1.82, 2.24) is 0 Å². The van der Waals surface area contributed by atoms with Crippen LogP contribution in [0.15, 0.2) is 88.7 Å². The lowest BCUT2D eigenvalue weighted by Gasteiger charge is -2.08.